The highest BCUT2D eigenvalue weighted by molar-refractivity contribution is 5.88. The third-order valence-corrected chi connectivity index (χ3v) is 2.75. The number of urea groups is 1. The normalized spacial score (nSPS) is 9.52. The molecule has 0 aliphatic heterocycles. The maximum Gasteiger partial charge on any atom is 0.320 e. The molecule has 0 bridgehead atoms. The number of nitrogens with one attached hydrogen (secondary N) is 2. The van der Waals surface area contributed by atoms with E-state index in [-0.39, 0.29) is 6.03 Å². The maximum atomic E-state index is 11.7. The van der Waals surface area contributed by atoms with Crippen molar-refractivity contribution in [2.75, 3.05) is 12.4 Å². The van der Waals surface area contributed by atoms with Crippen LogP contribution in [0, 0.1) is 11.3 Å². The first kappa shape index (κ1) is 14.3. The first-order valence-corrected chi connectivity index (χ1v) is 6.25. The molecule has 21 heavy (non-hydrogen) atoms. The molecule has 2 aromatic rings. The number of amides is 2. The highest BCUT2D eigenvalue weighted by Crippen LogP contribution is 2.11. The lowest BCUT2D eigenvalue weighted by Crippen LogP contribution is -2.28. The Morgan fingerprint density at radius 2 is 2.05 bits per heavy atom. The number of pyridine rings is 1. The number of hydrogen-bond donors (Lipinski definition) is 2. The van der Waals surface area contributed by atoms with Crippen molar-refractivity contribution >= 4 is 11.8 Å². The lowest BCUT2D eigenvalue weighted by atomic mass is 10.2. The standard InChI is InChI=1S/C15H14N4O2/c1-21-13-5-2-11(3-6-13)9-18-15(20)19-14-7-4-12(8-16)10-17-14/h2-7,10H,9H2,1H3,(H2,17,18,19,20). The summed E-state index contributed by atoms with van der Waals surface area (Å²) in [6, 6.07) is 12.2. The number of rotatable bonds is 4. The Hall–Kier alpha value is -3.07. The minimum absolute atomic E-state index is 0.358. The Bertz CT molecular complexity index is 645. The summed E-state index contributed by atoms with van der Waals surface area (Å²) < 4.78 is 5.06. The van der Waals surface area contributed by atoms with E-state index in [0.717, 1.165) is 11.3 Å². The third-order valence-electron chi connectivity index (χ3n) is 2.75. The van der Waals surface area contributed by atoms with E-state index < -0.39 is 0 Å². The summed E-state index contributed by atoms with van der Waals surface area (Å²) in [5, 5.41) is 14.0. The Labute approximate surface area is 122 Å². The molecule has 6 heteroatoms. The number of carbonyl (C=O) groups is 1. The van der Waals surface area contributed by atoms with E-state index in [1.807, 2.05) is 30.3 Å². The lowest BCUT2D eigenvalue weighted by molar-refractivity contribution is 0.251. The van der Waals surface area contributed by atoms with Crippen LogP contribution in [0.2, 0.25) is 0 Å². The summed E-state index contributed by atoms with van der Waals surface area (Å²) in [5.41, 5.74) is 1.40. The van der Waals surface area contributed by atoms with Crippen LogP contribution in [0.4, 0.5) is 10.6 Å². The van der Waals surface area contributed by atoms with Crippen LogP contribution in [0.5, 0.6) is 5.75 Å². The fourth-order valence-electron chi connectivity index (χ4n) is 1.62. The molecule has 0 fully saturated rings. The number of ether oxygens (including phenoxy) is 1. The predicted octanol–water partition coefficient (Wildman–Crippen LogP) is 2.28. The largest absolute Gasteiger partial charge is 0.497 e. The molecule has 0 aliphatic rings. The number of aromatic nitrogens is 1. The predicted molar refractivity (Wildman–Crippen MR) is 77.8 cm³/mol. The van der Waals surface area contributed by atoms with E-state index in [1.54, 1.807) is 19.2 Å². The van der Waals surface area contributed by atoms with Crippen molar-refractivity contribution in [1.82, 2.24) is 10.3 Å². The Morgan fingerprint density at radius 1 is 1.29 bits per heavy atom. The summed E-state index contributed by atoms with van der Waals surface area (Å²) in [5.74, 6) is 1.16. The van der Waals surface area contributed by atoms with Gasteiger partial charge in [0.2, 0.25) is 0 Å². The van der Waals surface area contributed by atoms with Gasteiger partial charge in [-0.15, -0.1) is 0 Å². The van der Waals surface area contributed by atoms with E-state index in [9.17, 15) is 4.79 Å². The van der Waals surface area contributed by atoms with Crippen molar-refractivity contribution in [3.63, 3.8) is 0 Å². The number of nitriles is 1. The molecule has 2 amide bonds. The number of carbonyl (C=O) groups excluding carboxylic acids is 1. The zero-order chi connectivity index (χ0) is 15.1. The number of benzene rings is 1. The number of anilines is 1. The van der Waals surface area contributed by atoms with Crippen LogP contribution in [0.3, 0.4) is 0 Å². The van der Waals surface area contributed by atoms with Gasteiger partial charge in [-0.25, -0.2) is 9.78 Å². The Morgan fingerprint density at radius 3 is 2.62 bits per heavy atom. The van der Waals surface area contributed by atoms with Crippen LogP contribution < -0.4 is 15.4 Å². The number of hydrogen-bond acceptors (Lipinski definition) is 4. The molecule has 2 rings (SSSR count). The summed E-state index contributed by atoms with van der Waals surface area (Å²) in [6.07, 6.45) is 1.40. The molecule has 0 saturated heterocycles. The zero-order valence-corrected chi connectivity index (χ0v) is 11.5. The average Bonchev–Trinajstić information content (AvgIpc) is 2.54. The highest BCUT2D eigenvalue weighted by atomic mass is 16.5. The van der Waals surface area contributed by atoms with E-state index >= 15 is 0 Å². The molecular weight excluding hydrogens is 268 g/mol. The van der Waals surface area contributed by atoms with Crippen LogP contribution in [0.25, 0.3) is 0 Å². The second kappa shape index (κ2) is 6.91. The van der Waals surface area contributed by atoms with E-state index in [0.29, 0.717) is 17.9 Å². The SMILES string of the molecule is COc1ccc(CNC(=O)Nc2ccc(C#N)cn2)cc1. The smallest absolute Gasteiger partial charge is 0.320 e. The molecule has 0 spiro atoms. The topological polar surface area (TPSA) is 87.0 Å². The molecule has 0 atom stereocenters. The van der Waals surface area contributed by atoms with Gasteiger partial charge in [0.25, 0.3) is 0 Å². The first-order valence-electron chi connectivity index (χ1n) is 6.25. The van der Waals surface area contributed by atoms with Crippen molar-refractivity contribution in [2.24, 2.45) is 0 Å². The van der Waals surface area contributed by atoms with Gasteiger partial charge in [0.05, 0.1) is 12.7 Å². The number of methoxy groups -OCH3 is 1. The van der Waals surface area contributed by atoms with Crippen molar-refractivity contribution in [3.05, 3.63) is 53.7 Å². The fraction of sp³-hybridized carbons (Fsp3) is 0.133. The van der Waals surface area contributed by atoms with Gasteiger partial charge in [0, 0.05) is 12.7 Å². The second-order valence-corrected chi connectivity index (χ2v) is 4.20. The monoisotopic (exact) mass is 282 g/mol. The fourth-order valence-corrected chi connectivity index (χ4v) is 1.62. The quantitative estimate of drug-likeness (QED) is 0.900. The molecule has 1 heterocycles. The molecule has 2 N–H and O–H groups in total. The second-order valence-electron chi connectivity index (χ2n) is 4.20. The van der Waals surface area contributed by atoms with Crippen LogP contribution in [-0.4, -0.2) is 18.1 Å². The summed E-state index contributed by atoms with van der Waals surface area (Å²) in [6.45, 7) is 0.395. The molecule has 0 radical (unpaired) electrons. The summed E-state index contributed by atoms with van der Waals surface area (Å²) in [4.78, 5) is 15.7. The molecule has 0 unspecified atom stereocenters. The lowest BCUT2D eigenvalue weighted by Gasteiger charge is -2.07. The molecule has 6 nitrogen and oxygen atoms in total. The Kier molecular flexibility index (Phi) is 4.72. The van der Waals surface area contributed by atoms with Gasteiger partial charge in [-0.05, 0) is 29.8 Å². The first-order chi connectivity index (χ1) is 10.2. The van der Waals surface area contributed by atoms with Crippen molar-refractivity contribution in [1.29, 1.82) is 5.26 Å². The van der Waals surface area contributed by atoms with Gasteiger partial charge >= 0.3 is 6.03 Å². The molecule has 0 saturated carbocycles. The van der Waals surface area contributed by atoms with Gasteiger partial charge in [-0.2, -0.15) is 5.26 Å². The average molecular weight is 282 g/mol. The minimum atomic E-state index is -0.358. The summed E-state index contributed by atoms with van der Waals surface area (Å²) in [7, 11) is 1.60. The third kappa shape index (κ3) is 4.21. The molecule has 0 aliphatic carbocycles. The van der Waals surface area contributed by atoms with E-state index in [2.05, 4.69) is 15.6 Å². The number of nitrogens with zero attached hydrogens (tertiary/aromatic N) is 2. The van der Waals surface area contributed by atoms with E-state index in [1.165, 1.54) is 6.20 Å². The molecule has 1 aromatic heterocycles. The zero-order valence-electron chi connectivity index (χ0n) is 11.5. The molecular formula is C15H14N4O2. The minimum Gasteiger partial charge on any atom is -0.497 e. The highest BCUT2D eigenvalue weighted by Gasteiger charge is 2.03. The Balaban J connectivity index is 1.85. The van der Waals surface area contributed by atoms with Gasteiger partial charge in [-0.1, -0.05) is 12.1 Å². The van der Waals surface area contributed by atoms with Gasteiger partial charge in [0.15, 0.2) is 0 Å². The van der Waals surface area contributed by atoms with Crippen molar-refractivity contribution in [3.8, 4) is 11.8 Å². The van der Waals surface area contributed by atoms with Crippen LogP contribution in [0.1, 0.15) is 11.1 Å². The van der Waals surface area contributed by atoms with Crippen LogP contribution >= 0.6 is 0 Å². The van der Waals surface area contributed by atoms with Crippen LogP contribution in [0.15, 0.2) is 42.6 Å². The van der Waals surface area contributed by atoms with E-state index in [4.69, 9.17) is 10.00 Å². The summed E-state index contributed by atoms with van der Waals surface area (Å²) >= 11 is 0. The maximum absolute atomic E-state index is 11.7. The molecule has 106 valence electrons. The van der Waals surface area contributed by atoms with Gasteiger partial charge < -0.3 is 10.1 Å². The van der Waals surface area contributed by atoms with Gasteiger partial charge in [0.1, 0.15) is 17.6 Å². The van der Waals surface area contributed by atoms with Crippen molar-refractivity contribution in [2.45, 2.75) is 6.54 Å². The molecule has 1 aromatic carbocycles. The van der Waals surface area contributed by atoms with Crippen LogP contribution in [-0.2, 0) is 6.54 Å². The van der Waals surface area contributed by atoms with Gasteiger partial charge in [-0.3, -0.25) is 5.32 Å². The van der Waals surface area contributed by atoms with Crippen molar-refractivity contribution < 1.29 is 9.53 Å².